The molecular weight excluding hydrogens is 517 g/mol. The van der Waals surface area contributed by atoms with Crippen molar-refractivity contribution in [1.82, 2.24) is 4.98 Å². The smallest absolute Gasteiger partial charge is 0.310 e. The van der Waals surface area contributed by atoms with Crippen LogP contribution >= 0.6 is 0 Å². The number of nitrogens with zero attached hydrogens (tertiary/aromatic N) is 1. The van der Waals surface area contributed by atoms with Crippen LogP contribution in [0.5, 0.6) is 5.75 Å². The normalized spacial score (nSPS) is 13.3. The number of aromatic nitrogens is 1. The summed E-state index contributed by atoms with van der Waals surface area (Å²) in [5.74, 6) is -0.0593. The third-order valence-corrected chi connectivity index (χ3v) is 8.42. The maximum Gasteiger partial charge on any atom is 0.310 e. The lowest BCUT2D eigenvalue weighted by Gasteiger charge is -2.21. The highest BCUT2D eigenvalue weighted by Crippen LogP contribution is 2.33. The molecule has 0 amide bonds. The first kappa shape index (κ1) is 28.5. The van der Waals surface area contributed by atoms with E-state index in [-0.39, 0.29) is 24.7 Å². The van der Waals surface area contributed by atoms with Crippen molar-refractivity contribution in [1.29, 1.82) is 0 Å². The summed E-state index contributed by atoms with van der Waals surface area (Å²) in [7, 11) is -1.21. The van der Waals surface area contributed by atoms with E-state index in [0.717, 1.165) is 27.6 Å². The molecule has 2 aromatic carbocycles. The van der Waals surface area contributed by atoms with Gasteiger partial charge in [0, 0.05) is 55.6 Å². The third-order valence-electron chi connectivity index (χ3n) is 6.35. The molecule has 1 unspecified atom stereocenters. The van der Waals surface area contributed by atoms with Gasteiger partial charge in [0.2, 0.25) is 0 Å². The van der Waals surface area contributed by atoms with Crippen LogP contribution in [0.1, 0.15) is 50.4 Å². The zero-order valence-corrected chi connectivity index (χ0v) is 23.6. The van der Waals surface area contributed by atoms with Gasteiger partial charge >= 0.3 is 5.97 Å². The molecule has 2 heterocycles. The molecule has 0 bridgehead atoms. The zero-order chi connectivity index (χ0) is 28.0. The maximum atomic E-state index is 14.1. The number of carbonyl (C=O) groups excluding carboxylic acids is 1. The van der Waals surface area contributed by atoms with Crippen LogP contribution in [0.2, 0.25) is 0 Å². The van der Waals surface area contributed by atoms with Crippen molar-refractivity contribution < 1.29 is 27.3 Å². The third kappa shape index (κ3) is 7.12. The number of furan rings is 1. The van der Waals surface area contributed by atoms with E-state index in [2.05, 4.69) is 4.98 Å². The zero-order valence-electron chi connectivity index (χ0n) is 22.7. The van der Waals surface area contributed by atoms with E-state index in [1.54, 1.807) is 19.4 Å². The summed E-state index contributed by atoms with van der Waals surface area (Å²) in [6.07, 6.45) is 3.41. The molecule has 4 rings (SSSR count). The quantitative estimate of drug-likeness (QED) is 0.191. The van der Waals surface area contributed by atoms with E-state index in [4.69, 9.17) is 13.9 Å². The average Bonchev–Trinajstić information content (AvgIpc) is 3.39. The number of alkyl halides is 1. The lowest BCUT2D eigenvalue weighted by Crippen LogP contribution is -2.27. The SMILES string of the molecule is CCOC(=O)Cc1ccccc1OCc1cc(-c2ccnc(C(CF)C[S@](=O)C(C)(C)C)c2)c2occc2c1. The fourth-order valence-electron chi connectivity index (χ4n) is 4.24. The highest BCUT2D eigenvalue weighted by atomic mass is 32.2. The molecular formula is C31H34FNO5S. The number of ether oxygens (including phenoxy) is 2. The summed E-state index contributed by atoms with van der Waals surface area (Å²) in [6.45, 7) is 7.39. The average molecular weight is 552 g/mol. The number of esters is 1. The van der Waals surface area contributed by atoms with Crippen molar-refractivity contribution in [2.75, 3.05) is 19.0 Å². The number of carbonyl (C=O) groups is 1. The molecule has 2 atom stereocenters. The number of para-hydroxylation sites is 1. The van der Waals surface area contributed by atoms with Crippen LogP contribution < -0.4 is 4.74 Å². The standard InChI is InChI=1S/C31H34FNO5S/c1-5-36-29(34)17-23-8-6-7-9-28(23)38-19-21-14-24-11-13-37-30(24)26(15-21)22-10-12-33-27(16-22)25(18-32)20-39(35)31(2,3)4/h6-16,25H,5,17-20H2,1-4H3/t25?,39-/m0/s1. The second-order valence-corrected chi connectivity index (χ2v) is 12.6. The van der Waals surface area contributed by atoms with E-state index >= 15 is 0 Å². The Morgan fingerprint density at radius 1 is 1.13 bits per heavy atom. The number of hydrogen-bond donors (Lipinski definition) is 0. The summed E-state index contributed by atoms with van der Waals surface area (Å²) in [5.41, 5.74) is 4.57. The van der Waals surface area contributed by atoms with Crippen LogP contribution in [0.25, 0.3) is 22.1 Å². The van der Waals surface area contributed by atoms with Gasteiger partial charge < -0.3 is 13.9 Å². The highest BCUT2D eigenvalue weighted by Gasteiger charge is 2.25. The first-order valence-corrected chi connectivity index (χ1v) is 14.3. The molecule has 0 aliphatic carbocycles. The van der Waals surface area contributed by atoms with Crippen molar-refractivity contribution >= 4 is 27.7 Å². The van der Waals surface area contributed by atoms with E-state index in [0.29, 0.717) is 23.6 Å². The van der Waals surface area contributed by atoms with Crippen LogP contribution in [0.4, 0.5) is 4.39 Å². The Hall–Kier alpha value is -3.52. The Labute approximate surface area is 231 Å². The fraction of sp³-hybridized carbons (Fsp3) is 0.355. The van der Waals surface area contributed by atoms with Gasteiger partial charge in [0.05, 0.1) is 26.0 Å². The molecule has 8 heteroatoms. The Bertz CT molecular complexity index is 1460. The van der Waals surface area contributed by atoms with Gasteiger partial charge in [-0.05, 0) is 75.2 Å². The van der Waals surface area contributed by atoms with Crippen molar-refractivity contribution in [2.45, 2.75) is 51.4 Å². The number of fused-ring (bicyclic) bond motifs is 1. The number of pyridine rings is 1. The summed E-state index contributed by atoms with van der Waals surface area (Å²) in [4.78, 5) is 16.4. The molecule has 0 radical (unpaired) electrons. The minimum atomic E-state index is -1.21. The van der Waals surface area contributed by atoms with Crippen molar-refractivity contribution in [3.63, 3.8) is 0 Å². The number of hydrogen-bond acceptors (Lipinski definition) is 6. The predicted octanol–water partition coefficient (Wildman–Crippen LogP) is 6.78. The fourth-order valence-corrected chi connectivity index (χ4v) is 5.37. The summed E-state index contributed by atoms with van der Waals surface area (Å²) >= 11 is 0. The van der Waals surface area contributed by atoms with E-state index in [1.165, 1.54) is 0 Å². The predicted molar refractivity (Wildman–Crippen MR) is 152 cm³/mol. The minimum Gasteiger partial charge on any atom is -0.489 e. The second kappa shape index (κ2) is 12.6. The highest BCUT2D eigenvalue weighted by molar-refractivity contribution is 7.86. The largest absolute Gasteiger partial charge is 0.489 e. The minimum absolute atomic E-state index is 0.131. The van der Waals surface area contributed by atoms with Crippen LogP contribution in [0.15, 0.2) is 71.5 Å². The van der Waals surface area contributed by atoms with Crippen molar-refractivity contribution in [3.05, 3.63) is 83.9 Å². The molecule has 0 saturated carbocycles. The second-order valence-electron chi connectivity index (χ2n) is 10.3. The summed E-state index contributed by atoms with van der Waals surface area (Å²) in [5, 5.41) is 0.903. The first-order valence-electron chi connectivity index (χ1n) is 13.0. The summed E-state index contributed by atoms with van der Waals surface area (Å²) in [6, 6.07) is 17.0. The summed E-state index contributed by atoms with van der Waals surface area (Å²) < 4.78 is 43.4. The topological polar surface area (TPSA) is 78.6 Å². The number of rotatable bonds is 11. The molecule has 0 aliphatic heterocycles. The lowest BCUT2D eigenvalue weighted by atomic mass is 9.98. The molecule has 0 N–H and O–H groups in total. The van der Waals surface area contributed by atoms with Crippen LogP contribution in [-0.2, 0) is 33.4 Å². The Morgan fingerprint density at radius 3 is 2.67 bits per heavy atom. The molecule has 206 valence electrons. The lowest BCUT2D eigenvalue weighted by molar-refractivity contribution is -0.142. The van der Waals surface area contributed by atoms with E-state index < -0.39 is 28.1 Å². The van der Waals surface area contributed by atoms with Gasteiger partial charge in [0.1, 0.15) is 17.9 Å². The van der Waals surface area contributed by atoms with Crippen LogP contribution in [0.3, 0.4) is 0 Å². The molecule has 6 nitrogen and oxygen atoms in total. The maximum absolute atomic E-state index is 14.1. The molecule has 39 heavy (non-hydrogen) atoms. The van der Waals surface area contributed by atoms with Gasteiger partial charge in [0.15, 0.2) is 0 Å². The van der Waals surface area contributed by atoms with Crippen LogP contribution in [0, 0.1) is 0 Å². The van der Waals surface area contributed by atoms with Gasteiger partial charge in [-0.15, -0.1) is 0 Å². The van der Waals surface area contributed by atoms with Gasteiger partial charge in [-0.3, -0.25) is 18.4 Å². The van der Waals surface area contributed by atoms with Crippen LogP contribution in [-0.4, -0.2) is 38.9 Å². The van der Waals surface area contributed by atoms with E-state index in [1.807, 2.05) is 75.4 Å². The number of halogens is 1. The van der Waals surface area contributed by atoms with E-state index in [9.17, 15) is 13.4 Å². The molecule has 4 aromatic rings. The Morgan fingerprint density at radius 2 is 1.92 bits per heavy atom. The van der Waals surface area contributed by atoms with Gasteiger partial charge in [-0.1, -0.05) is 18.2 Å². The van der Waals surface area contributed by atoms with Gasteiger partial charge in [-0.2, -0.15) is 0 Å². The number of benzene rings is 2. The molecule has 0 saturated heterocycles. The molecule has 0 fully saturated rings. The van der Waals surface area contributed by atoms with Crippen molar-refractivity contribution in [3.8, 4) is 16.9 Å². The monoisotopic (exact) mass is 551 g/mol. The first-order chi connectivity index (χ1) is 18.7. The van der Waals surface area contributed by atoms with Gasteiger partial charge in [-0.25, -0.2) is 0 Å². The Kier molecular flexibility index (Phi) is 9.17. The van der Waals surface area contributed by atoms with Crippen molar-refractivity contribution in [2.24, 2.45) is 0 Å². The molecule has 2 aromatic heterocycles. The molecule has 0 spiro atoms. The Balaban J connectivity index is 1.61. The van der Waals surface area contributed by atoms with Gasteiger partial charge in [0.25, 0.3) is 0 Å². The molecule has 0 aliphatic rings.